The monoisotopic (exact) mass is 303 g/mol. The second-order valence-electron chi connectivity index (χ2n) is 4.68. The van der Waals surface area contributed by atoms with E-state index in [2.05, 4.69) is 9.88 Å². The van der Waals surface area contributed by atoms with E-state index in [1.54, 1.807) is 11.3 Å². The minimum atomic E-state index is 0.758. The molecule has 102 valence electrons. The smallest absolute Gasteiger partial charge is 0.129 e. The molecule has 0 aliphatic heterocycles. The van der Waals surface area contributed by atoms with Crippen LogP contribution < -0.4 is 10.6 Å². The first-order valence-corrected chi connectivity index (χ1v) is 7.43. The van der Waals surface area contributed by atoms with Gasteiger partial charge in [0.1, 0.15) is 5.82 Å². The Labute approximate surface area is 126 Å². The Bertz CT molecular complexity index is 754. The lowest BCUT2D eigenvalue weighted by Gasteiger charge is -2.17. The molecule has 0 amide bonds. The van der Waals surface area contributed by atoms with Crippen molar-refractivity contribution in [1.82, 2.24) is 4.98 Å². The largest absolute Gasteiger partial charge is 0.399 e. The van der Waals surface area contributed by atoms with Gasteiger partial charge >= 0.3 is 0 Å². The van der Waals surface area contributed by atoms with Crippen LogP contribution in [0.25, 0.3) is 10.9 Å². The number of rotatable bonds is 3. The third-order valence-corrected chi connectivity index (χ3v) is 4.33. The number of thiophene rings is 1. The highest BCUT2D eigenvalue weighted by atomic mass is 35.5. The van der Waals surface area contributed by atoms with Crippen molar-refractivity contribution in [2.75, 3.05) is 17.7 Å². The average Bonchev–Trinajstić information content (AvgIpc) is 2.83. The van der Waals surface area contributed by atoms with Crippen LogP contribution in [0.15, 0.2) is 42.5 Å². The van der Waals surface area contributed by atoms with Gasteiger partial charge in [-0.1, -0.05) is 11.6 Å². The molecule has 5 heteroatoms. The lowest BCUT2D eigenvalue weighted by molar-refractivity contribution is 0.918. The summed E-state index contributed by atoms with van der Waals surface area (Å²) in [6, 6.07) is 13.8. The number of aromatic nitrogens is 1. The number of benzene rings is 1. The van der Waals surface area contributed by atoms with Crippen molar-refractivity contribution in [2.24, 2.45) is 0 Å². The summed E-state index contributed by atoms with van der Waals surface area (Å²) in [5.41, 5.74) is 7.49. The summed E-state index contributed by atoms with van der Waals surface area (Å²) in [5, 5.41) is 1.06. The molecule has 3 rings (SSSR count). The van der Waals surface area contributed by atoms with Gasteiger partial charge in [0.25, 0.3) is 0 Å². The first-order chi connectivity index (χ1) is 9.61. The van der Waals surface area contributed by atoms with E-state index >= 15 is 0 Å². The number of nitrogens with two attached hydrogens (primary N) is 1. The lowest BCUT2D eigenvalue weighted by atomic mass is 10.2. The third-order valence-electron chi connectivity index (χ3n) is 3.11. The van der Waals surface area contributed by atoms with Gasteiger partial charge in [0, 0.05) is 23.0 Å². The number of nitrogen functional groups attached to an aromatic ring is 1. The van der Waals surface area contributed by atoms with Crippen LogP contribution >= 0.6 is 22.9 Å². The van der Waals surface area contributed by atoms with Crippen molar-refractivity contribution >= 4 is 45.3 Å². The molecule has 0 atom stereocenters. The minimum absolute atomic E-state index is 0.758. The molecular weight excluding hydrogens is 290 g/mol. The maximum absolute atomic E-state index is 5.96. The van der Waals surface area contributed by atoms with Crippen LogP contribution in [0.5, 0.6) is 0 Å². The SMILES string of the molecule is CN(Cc1ccc(Cl)s1)c1ccc2cc(N)ccc2n1. The second kappa shape index (κ2) is 5.31. The zero-order valence-electron chi connectivity index (χ0n) is 11.0. The zero-order valence-corrected chi connectivity index (χ0v) is 12.6. The van der Waals surface area contributed by atoms with Crippen molar-refractivity contribution in [3.05, 3.63) is 51.7 Å². The Morgan fingerprint density at radius 2 is 2.05 bits per heavy atom. The Balaban J connectivity index is 1.87. The van der Waals surface area contributed by atoms with Crippen molar-refractivity contribution in [2.45, 2.75) is 6.54 Å². The van der Waals surface area contributed by atoms with Crippen molar-refractivity contribution in [1.29, 1.82) is 0 Å². The molecule has 3 aromatic rings. The molecule has 0 saturated heterocycles. The summed E-state index contributed by atoms with van der Waals surface area (Å²) in [4.78, 5) is 7.99. The van der Waals surface area contributed by atoms with Crippen molar-refractivity contribution in [3.63, 3.8) is 0 Å². The molecule has 0 unspecified atom stereocenters. The molecule has 2 aromatic heterocycles. The van der Waals surface area contributed by atoms with Crippen LogP contribution in [0.2, 0.25) is 4.34 Å². The molecule has 0 spiro atoms. The number of halogens is 1. The second-order valence-corrected chi connectivity index (χ2v) is 6.48. The standard InChI is InChI=1S/C15H14ClN3S/c1-19(9-12-4-6-14(16)20-12)15-7-2-10-8-11(17)3-5-13(10)18-15/h2-8H,9,17H2,1H3. The molecular formula is C15H14ClN3S. The Morgan fingerprint density at radius 3 is 2.80 bits per heavy atom. The zero-order chi connectivity index (χ0) is 14.1. The summed E-state index contributed by atoms with van der Waals surface area (Å²) >= 11 is 7.55. The van der Waals surface area contributed by atoms with Gasteiger partial charge in [-0.3, -0.25) is 0 Å². The van der Waals surface area contributed by atoms with E-state index in [-0.39, 0.29) is 0 Å². The highest BCUT2D eigenvalue weighted by Crippen LogP contribution is 2.25. The topological polar surface area (TPSA) is 42.1 Å². The van der Waals surface area contributed by atoms with Gasteiger partial charge in [0.2, 0.25) is 0 Å². The number of fused-ring (bicyclic) bond motifs is 1. The first-order valence-electron chi connectivity index (χ1n) is 6.23. The number of pyridine rings is 1. The van der Waals surface area contributed by atoms with Crippen LogP contribution in [-0.2, 0) is 6.54 Å². The number of nitrogens with zero attached hydrogens (tertiary/aromatic N) is 2. The fraction of sp³-hybridized carbons (Fsp3) is 0.133. The van der Waals surface area contributed by atoms with Crippen molar-refractivity contribution in [3.8, 4) is 0 Å². The molecule has 0 aliphatic carbocycles. The van der Waals surface area contributed by atoms with Gasteiger partial charge in [-0.2, -0.15) is 0 Å². The molecule has 0 saturated carbocycles. The summed E-state index contributed by atoms with van der Waals surface area (Å²) in [7, 11) is 2.03. The van der Waals surface area contributed by atoms with E-state index in [0.29, 0.717) is 0 Å². The molecule has 0 bridgehead atoms. The van der Waals surface area contributed by atoms with E-state index < -0.39 is 0 Å². The summed E-state index contributed by atoms with van der Waals surface area (Å²) in [6.45, 7) is 0.796. The predicted octanol–water partition coefficient (Wildman–Crippen LogP) is 4.17. The molecule has 3 nitrogen and oxygen atoms in total. The predicted molar refractivity (Wildman–Crippen MR) is 87.6 cm³/mol. The molecule has 0 aliphatic rings. The van der Waals surface area contributed by atoms with Gasteiger partial charge in [0.15, 0.2) is 0 Å². The number of hydrogen-bond donors (Lipinski definition) is 1. The Morgan fingerprint density at radius 1 is 1.20 bits per heavy atom. The third kappa shape index (κ3) is 2.71. The highest BCUT2D eigenvalue weighted by Gasteiger charge is 2.07. The fourth-order valence-electron chi connectivity index (χ4n) is 2.10. The van der Waals surface area contributed by atoms with E-state index in [1.807, 2.05) is 49.5 Å². The van der Waals surface area contributed by atoms with Crippen LogP contribution in [0.4, 0.5) is 11.5 Å². The minimum Gasteiger partial charge on any atom is -0.399 e. The number of anilines is 2. The van der Waals surface area contributed by atoms with Gasteiger partial charge in [-0.05, 0) is 42.5 Å². The summed E-state index contributed by atoms with van der Waals surface area (Å²) in [5.74, 6) is 0.937. The van der Waals surface area contributed by atoms with Gasteiger partial charge in [-0.25, -0.2) is 4.98 Å². The average molecular weight is 304 g/mol. The quantitative estimate of drug-likeness (QED) is 0.738. The Hall–Kier alpha value is -1.78. The fourth-order valence-corrected chi connectivity index (χ4v) is 3.24. The van der Waals surface area contributed by atoms with Crippen LogP contribution in [0.3, 0.4) is 0 Å². The summed E-state index contributed by atoms with van der Waals surface area (Å²) < 4.78 is 0.815. The maximum Gasteiger partial charge on any atom is 0.129 e. The molecule has 0 fully saturated rings. The molecule has 0 radical (unpaired) electrons. The van der Waals surface area contributed by atoms with Crippen LogP contribution in [0.1, 0.15) is 4.88 Å². The molecule has 2 heterocycles. The molecule has 2 N–H and O–H groups in total. The van der Waals surface area contributed by atoms with E-state index in [4.69, 9.17) is 17.3 Å². The van der Waals surface area contributed by atoms with Gasteiger partial charge < -0.3 is 10.6 Å². The Kier molecular flexibility index (Phi) is 3.51. The van der Waals surface area contributed by atoms with Crippen molar-refractivity contribution < 1.29 is 0 Å². The summed E-state index contributed by atoms with van der Waals surface area (Å²) in [6.07, 6.45) is 0. The first kappa shape index (κ1) is 13.2. The van der Waals surface area contributed by atoms with E-state index in [1.165, 1.54) is 4.88 Å². The lowest BCUT2D eigenvalue weighted by Crippen LogP contribution is -2.16. The van der Waals surface area contributed by atoms with Crippen LogP contribution in [0, 0.1) is 0 Å². The maximum atomic E-state index is 5.96. The van der Waals surface area contributed by atoms with Gasteiger partial charge in [-0.15, -0.1) is 11.3 Å². The highest BCUT2D eigenvalue weighted by molar-refractivity contribution is 7.16. The normalized spacial score (nSPS) is 10.9. The van der Waals surface area contributed by atoms with Crippen LogP contribution in [-0.4, -0.2) is 12.0 Å². The van der Waals surface area contributed by atoms with E-state index in [0.717, 1.165) is 33.3 Å². The number of hydrogen-bond acceptors (Lipinski definition) is 4. The molecule has 20 heavy (non-hydrogen) atoms. The van der Waals surface area contributed by atoms with E-state index in [9.17, 15) is 0 Å². The molecule has 1 aromatic carbocycles. The van der Waals surface area contributed by atoms with Gasteiger partial charge in [0.05, 0.1) is 16.4 Å².